The smallest absolute Gasteiger partial charge is 0.197 e. The lowest BCUT2D eigenvalue weighted by Crippen LogP contribution is -2.32. The Morgan fingerprint density at radius 3 is 2.96 bits per heavy atom. The Morgan fingerprint density at radius 1 is 1.31 bits per heavy atom. The van der Waals surface area contributed by atoms with Crippen molar-refractivity contribution in [3.05, 3.63) is 62.8 Å². The van der Waals surface area contributed by atoms with E-state index in [9.17, 15) is 4.79 Å². The van der Waals surface area contributed by atoms with Crippen LogP contribution in [0.5, 0.6) is 0 Å². The van der Waals surface area contributed by atoms with E-state index in [4.69, 9.17) is 4.42 Å². The van der Waals surface area contributed by atoms with Crippen LogP contribution in [-0.2, 0) is 19.5 Å². The summed E-state index contributed by atoms with van der Waals surface area (Å²) in [6.45, 7) is 6.19. The normalized spacial score (nSPS) is 14.6. The van der Waals surface area contributed by atoms with E-state index in [1.54, 1.807) is 18.0 Å². The van der Waals surface area contributed by atoms with Crippen LogP contribution in [0.15, 0.2) is 39.0 Å². The van der Waals surface area contributed by atoms with Crippen LogP contribution in [0.4, 0.5) is 0 Å². The molecule has 5 nitrogen and oxygen atoms in total. The summed E-state index contributed by atoms with van der Waals surface area (Å²) < 4.78 is 5.77. The second-order valence-electron chi connectivity index (χ2n) is 6.83. The summed E-state index contributed by atoms with van der Waals surface area (Å²) in [4.78, 5) is 24.2. The summed E-state index contributed by atoms with van der Waals surface area (Å²) in [6.07, 6.45) is 6.39. The first-order valence-corrected chi connectivity index (χ1v) is 9.90. The quantitative estimate of drug-likeness (QED) is 0.522. The Balaban J connectivity index is 1.62. The summed E-state index contributed by atoms with van der Waals surface area (Å²) in [5.41, 5.74) is 5.78. The average Bonchev–Trinajstić information content (AvgIpc) is 2.63. The van der Waals surface area contributed by atoms with Gasteiger partial charge >= 0.3 is 0 Å². The highest BCUT2D eigenvalue weighted by Gasteiger charge is 2.20. The van der Waals surface area contributed by atoms with Gasteiger partial charge in [-0.05, 0) is 37.3 Å². The molecule has 1 aliphatic rings. The van der Waals surface area contributed by atoms with E-state index in [0.717, 1.165) is 47.1 Å². The number of thioether (sulfide) groups is 1. The van der Waals surface area contributed by atoms with Gasteiger partial charge in [0.25, 0.3) is 0 Å². The minimum Gasteiger partial charge on any atom is -0.464 e. The van der Waals surface area contributed by atoms with Gasteiger partial charge in [-0.15, -0.1) is 0 Å². The Bertz CT molecular complexity index is 1050. The topological polar surface area (TPSA) is 59.2 Å². The van der Waals surface area contributed by atoms with Crippen molar-refractivity contribution in [1.82, 2.24) is 14.9 Å². The zero-order valence-electron chi connectivity index (χ0n) is 15.2. The molecule has 1 aromatic carbocycles. The summed E-state index contributed by atoms with van der Waals surface area (Å²) in [5, 5.41) is 1.51. The van der Waals surface area contributed by atoms with Crippen LogP contribution in [0, 0.1) is 13.8 Å². The number of fused-ring (bicyclic) bond motifs is 2. The fourth-order valence-electron chi connectivity index (χ4n) is 3.60. The molecule has 0 saturated heterocycles. The predicted octanol–water partition coefficient (Wildman–Crippen LogP) is 3.48. The highest BCUT2D eigenvalue weighted by molar-refractivity contribution is 7.98. The maximum atomic E-state index is 12.9. The molecule has 0 amide bonds. The Kier molecular flexibility index (Phi) is 4.54. The molecule has 6 heteroatoms. The minimum atomic E-state index is 0.0727. The molecule has 1 aliphatic heterocycles. The van der Waals surface area contributed by atoms with Crippen LogP contribution in [0.3, 0.4) is 0 Å². The molecule has 4 rings (SSSR count). The number of nitrogens with zero attached hydrogens (tertiary/aromatic N) is 3. The van der Waals surface area contributed by atoms with Gasteiger partial charge in [-0.1, -0.05) is 17.8 Å². The van der Waals surface area contributed by atoms with E-state index in [-0.39, 0.29) is 5.43 Å². The number of hydrogen-bond donors (Lipinski definition) is 0. The molecular weight excluding hydrogens is 346 g/mol. The molecule has 0 atom stereocenters. The third-order valence-electron chi connectivity index (χ3n) is 4.86. The van der Waals surface area contributed by atoms with Crippen molar-refractivity contribution < 1.29 is 4.42 Å². The molecule has 26 heavy (non-hydrogen) atoms. The first-order chi connectivity index (χ1) is 12.5. The van der Waals surface area contributed by atoms with Crippen molar-refractivity contribution in [3.63, 3.8) is 0 Å². The molecule has 0 bridgehead atoms. The first kappa shape index (κ1) is 17.2. The maximum Gasteiger partial charge on any atom is 0.197 e. The molecule has 0 unspecified atom stereocenters. The summed E-state index contributed by atoms with van der Waals surface area (Å²) >= 11 is 1.56. The molecule has 0 radical (unpaired) electrons. The number of hydrogen-bond acceptors (Lipinski definition) is 6. The summed E-state index contributed by atoms with van der Waals surface area (Å²) in [6, 6.07) is 3.95. The molecule has 134 valence electrons. The van der Waals surface area contributed by atoms with Gasteiger partial charge in [0.15, 0.2) is 10.6 Å². The van der Waals surface area contributed by atoms with Gasteiger partial charge in [0.05, 0.1) is 17.3 Å². The molecule has 2 aromatic heterocycles. The van der Waals surface area contributed by atoms with Crippen LogP contribution in [0.1, 0.15) is 27.9 Å². The van der Waals surface area contributed by atoms with E-state index < -0.39 is 0 Å². The van der Waals surface area contributed by atoms with Gasteiger partial charge < -0.3 is 4.42 Å². The van der Waals surface area contributed by atoms with E-state index in [2.05, 4.69) is 14.9 Å². The molecular formula is C20H21N3O2S. The second-order valence-corrected chi connectivity index (χ2v) is 7.61. The molecule has 0 fully saturated rings. The Morgan fingerprint density at radius 2 is 2.15 bits per heavy atom. The van der Waals surface area contributed by atoms with Crippen molar-refractivity contribution in [2.75, 3.05) is 12.8 Å². The fraction of sp³-hybridized carbons (Fsp3) is 0.350. The van der Waals surface area contributed by atoms with E-state index >= 15 is 0 Å². The van der Waals surface area contributed by atoms with Crippen LogP contribution < -0.4 is 5.43 Å². The van der Waals surface area contributed by atoms with Crippen molar-refractivity contribution >= 4 is 22.7 Å². The van der Waals surface area contributed by atoms with Gasteiger partial charge in [-0.25, -0.2) is 9.97 Å². The van der Waals surface area contributed by atoms with E-state index in [1.165, 1.54) is 0 Å². The van der Waals surface area contributed by atoms with E-state index in [1.807, 2.05) is 38.4 Å². The number of benzene rings is 1. The zero-order valence-corrected chi connectivity index (χ0v) is 16.0. The second kappa shape index (κ2) is 6.85. The lowest BCUT2D eigenvalue weighted by molar-refractivity contribution is 0.240. The average molecular weight is 367 g/mol. The summed E-state index contributed by atoms with van der Waals surface area (Å²) in [7, 11) is 0. The minimum absolute atomic E-state index is 0.0727. The number of rotatable bonds is 3. The van der Waals surface area contributed by atoms with Gasteiger partial charge in [0, 0.05) is 43.4 Å². The third kappa shape index (κ3) is 3.15. The van der Waals surface area contributed by atoms with Crippen molar-refractivity contribution in [3.8, 4) is 0 Å². The van der Waals surface area contributed by atoms with Gasteiger partial charge in [0.2, 0.25) is 0 Å². The van der Waals surface area contributed by atoms with Gasteiger partial charge in [-0.2, -0.15) is 0 Å². The maximum absolute atomic E-state index is 12.9. The molecule has 0 spiro atoms. The van der Waals surface area contributed by atoms with Gasteiger partial charge in [0.1, 0.15) is 5.58 Å². The fourth-order valence-corrected chi connectivity index (χ4v) is 3.96. The van der Waals surface area contributed by atoms with Crippen LogP contribution in [-0.4, -0.2) is 27.7 Å². The zero-order chi connectivity index (χ0) is 18.3. The highest BCUT2D eigenvalue weighted by Crippen LogP contribution is 2.22. The lowest BCUT2D eigenvalue weighted by atomic mass is 10.0. The largest absolute Gasteiger partial charge is 0.464 e. The Hall–Kier alpha value is -2.18. The van der Waals surface area contributed by atoms with Crippen LogP contribution in [0.25, 0.3) is 11.0 Å². The monoisotopic (exact) mass is 367 g/mol. The summed E-state index contributed by atoms with van der Waals surface area (Å²) in [5.74, 6) is 0. The molecule has 0 aliphatic carbocycles. The molecule has 3 aromatic rings. The Labute approximate surface area is 156 Å². The van der Waals surface area contributed by atoms with Gasteiger partial charge in [-0.3, -0.25) is 9.69 Å². The molecule has 0 saturated carbocycles. The van der Waals surface area contributed by atoms with Crippen molar-refractivity contribution in [2.45, 2.75) is 38.5 Å². The predicted molar refractivity (Wildman–Crippen MR) is 104 cm³/mol. The standard InChI is InChI=1S/C20H21N3O2S/c1-12-6-13(2)18-17(7-12)25-11-15(19(18)24)10-23-5-4-16-14(9-23)8-21-20(22-16)26-3/h6-8,11H,4-5,9-10H2,1-3H3. The highest BCUT2D eigenvalue weighted by atomic mass is 32.2. The lowest BCUT2D eigenvalue weighted by Gasteiger charge is -2.27. The third-order valence-corrected chi connectivity index (χ3v) is 5.42. The number of aryl methyl sites for hydroxylation is 2. The van der Waals surface area contributed by atoms with Crippen LogP contribution in [0.2, 0.25) is 0 Å². The first-order valence-electron chi connectivity index (χ1n) is 8.68. The SMILES string of the molecule is CSc1ncc2c(n1)CCN(Cc1coc3cc(C)cc(C)c3c1=O)C2. The van der Waals surface area contributed by atoms with E-state index in [0.29, 0.717) is 23.1 Å². The van der Waals surface area contributed by atoms with Crippen molar-refractivity contribution in [2.24, 2.45) is 0 Å². The van der Waals surface area contributed by atoms with Crippen molar-refractivity contribution in [1.29, 1.82) is 0 Å². The van der Waals surface area contributed by atoms with Crippen LogP contribution >= 0.6 is 11.8 Å². The molecule has 0 N–H and O–H groups in total. The number of aromatic nitrogens is 2. The molecule has 3 heterocycles.